The van der Waals surface area contributed by atoms with Gasteiger partial charge in [0, 0.05) is 11.9 Å². The second-order valence-corrected chi connectivity index (χ2v) is 10.6. The molecule has 1 aliphatic carbocycles. The Labute approximate surface area is 179 Å². The largest absolute Gasteiger partial charge is 0.465 e. The fraction of sp³-hybridized carbons (Fsp3) is 0.526. The molecule has 0 spiro atoms. The van der Waals surface area contributed by atoms with E-state index in [2.05, 4.69) is 17.4 Å². The number of rotatable bonds is 6. The van der Waals surface area contributed by atoms with Gasteiger partial charge in [0.25, 0.3) is 0 Å². The van der Waals surface area contributed by atoms with Gasteiger partial charge < -0.3 is 14.6 Å². The summed E-state index contributed by atoms with van der Waals surface area (Å²) in [5.41, 5.74) is 1.51. The Morgan fingerprint density at radius 3 is 2.67 bits per heavy atom. The van der Waals surface area contributed by atoms with Crippen molar-refractivity contribution in [3.05, 3.63) is 27.5 Å². The molecule has 0 saturated carbocycles. The molecule has 1 N–H and O–H groups in total. The minimum absolute atomic E-state index is 0.0476. The van der Waals surface area contributed by atoms with E-state index in [4.69, 9.17) is 9.26 Å². The molecule has 0 fully saturated rings. The van der Waals surface area contributed by atoms with Crippen molar-refractivity contribution >= 4 is 38.2 Å². The van der Waals surface area contributed by atoms with Gasteiger partial charge in [0.15, 0.2) is 5.76 Å². The minimum atomic E-state index is -3.96. The van der Waals surface area contributed by atoms with Gasteiger partial charge in [-0.2, -0.15) is 4.31 Å². The summed E-state index contributed by atoms with van der Waals surface area (Å²) in [6.45, 7) is 4.75. The van der Waals surface area contributed by atoms with E-state index in [9.17, 15) is 18.0 Å². The highest BCUT2D eigenvalue weighted by Crippen LogP contribution is 2.40. The molecule has 1 unspecified atom stereocenters. The number of likely N-dealkylation sites (N-methyl/N-ethyl adjacent to an activating group) is 1. The lowest BCUT2D eigenvalue weighted by Crippen LogP contribution is -2.35. The molecule has 2 heterocycles. The molecule has 30 heavy (non-hydrogen) atoms. The van der Waals surface area contributed by atoms with Crippen LogP contribution in [0.4, 0.5) is 5.00 Å². The van der Waals surface area contributed by atoms with Gasteiger partial charge >= 0.3 is 5.97 Å². The number of nitrogens with zero attached hydrogens (tertiary/aromatic N) is 2. The van der Waals surface area contributed by atoms with E-state index in [1.807, 2.05) is 0 Å². The Balaban J connectivity index is 1.82. The molecule has 0 aromatic carbocycles. The molecule has 3 rings (SSSR count). The van der Waals surface area contributed by atoms with E-state index >= 15 is 0 Å². The lowest BCUT2D eigenvalue weighted by atomic mass is 9.88. The lowest BCUT2D eigenvalue weighted by molar-refractivity contribution is -0.116. The number of anilines is 1. The maximum atomic E-state index is 12.8. The number of carbonyl (C=O) groups is 2. The third kappa shape index (κ3) is 4.14. The predicted molar refractivity (Wildman–Crippen MR) is 111 cm³/mol. The third-order valence-electron chi connectivity index (χ3n) is 5.16. The highest BCUT2D eigenvalue weighted by atomic mass is 32.2. The number of hydrogen-bond donors (Lipinski definition) is 1. The van der Waals surface area contributed by atoms with Gasteiger partial charge in [0.05, 0.1) is 19.2 Å². The highest BCUT2D eigenvalue weighted by molar-refractivity contribution is 7.89. The summed E-state index contributed by atoms with van der Waals surface area (Å²) in [5, 5.41) is 6.77. The van der Waals surface area contributed by atoms with Gasteiger partial charge in [-0.15, -0.1) is 11.3 Å². The van der Waals surface area contributed by atoms with Gasteiger partial charge in [0.1, 0.15) is 15.6 Å². The Hall–Kier alpha value is -2.24. The SMILES string of the molecule is COC(=O)c1c(NC(=O)CN(C)S(=O)(=O)c2c(C)noc2C)sc2c1CCC(C)C2. The van der Waals surface area contributed by atoms with E-state index < -0.39 is 28.4 Å². The second-order valence-electron chi connectivity index (χ2n) is 7.51. The molecule has 9 nitrogen and oxygen atoms in total. The van der Waals surface area contributed by atoms with Crippen molar-refractivity contribution in [2.45, 2.75) is 44.9 Å². The van der Waals surface area contributed by atoms with Crippen LogP contribution in [0.15, 0.2) is 9.42 Å². The number of fused-ring (bicyclic) bond motifs is 1. The van der Waals surface area contributed by atoms with Gasteiger partial charge in [0.2, 0.25) is 15.9 Å². The smallest absolute Gasteiger partial charge is 0.341 e. The van der Waals surface area contributed by atoms with Crippen molar-refractivity contribution in [1.82, 2.24) is 9.46 Å². The molecule has 2 aromatic heterocycles. The van der Waals surface area contributed by atoms with Crippen molar-refractivity contribution in [2.24, 2.45) is 5.92 Å². The van der Waals surface area contributed by atoms with Crippen molar-refractivity contribution in [2.75, 3.05) is 26.0 Å². The van der Waals surface area contributed by atoms with Gasteiger partial charge in [-0.25, -0.2) is 13.2 Å². The van der Waals surface area contributed by atoms with Crippen molar-refractivity contribution in [3.8, 4) is 0 Å². The molecule has 0 radical (unpaired) electrons. The summed E-state index contributed by atoms with van der Waals surface area (Å²) in [4.78, 5) is 26.0. The first-order chi connectivity index (χ1) is 14.1. The zero-order chi connectivity index (χ0) is 22.2. The summed E-state index contributed by atoms with van der Waals surface area (Å²) in [6.07, 6.45) is 2.54. The van der Waals surface area contributed by atoms with Crippen LogP contribution < -0.4 is 5.32 Å². The van der Waals surface area contributed by atoms with E-state index in [0.717, 1.165) is 34.0 Å². The fourth-order valence-electron chi connectivity index (χ4n) is 3.61. The number of ether oxygens (including phenoxy) is 1. The molecule has 164 valence electrons. The first-order valence-electron chi connectivity index (χ1n) is 9.48. The van der Waals surface area contributed by atoms with Gasteiger partial charge in [-0.05, 0) is 44.6 Å². The van der Waals surface area contributed by atoms with Crippen LogP contribution >= 0.6 is 11.3 Å². The van der Waals surface area contributed by atoms with Crippen LogP contribution in [-0.2, 0) is 32.4 Å². The normalized spacial score (nSPS) is 16.4. The van der Waals surface area contributed by atoms with Crippen molar-refractivity contribution in [1.29, 1.82) is 0 Å². The molecule has 0 bridgehead atoms. The molecular formula is C19H25N3O6S2. The first-order valence-corrected chi connectivity index (χ1v) is 11.7. The quantitative estimate of drug-likeness (QED) is 0.665. The zero-order valence-corrected chi connectivity index (χ0v) is 19.2. The van der Waals surface area contributed by atoms with E-state index in [0.29, 0.717) is 16.5 Å². The molecule has 2 aromatic rings. The van der Waals surface area contributed by atoms with E-state index in [1.54, 1.807) is 0 Å². The molecule has 0 aliphatic heterocycles. The monoisotopic (exact) mass is 455 g/mol. The Kier molecular flexibility index (Phi) is 6.34. The molecule has 1 amide bonds. The van der Waals surface area contributed by atoms with Crippen LogP contribution in [0.5, 0.6) is 0 Å². The van der Waals surface area contributed by atoms with Crippen LogP contribution in [0.1, 0.15) is 45.6 Å². The topological polar surface area (TPSA) is 119 Å². The van der Waals surface area contributed by atoms with E-state index in [-0.39, 0.29) is 16.3 Å². The first kappa shape index (κ1) is 22.4. The van der Waals surface area contributed by atoms with Crippen LogP contribution in [0.2, 0.25) is 0 Å². The summed E-state index contributed by atoms with van der Waals surface area (Å²) in [6, 6.07) is 0. The molecule has 11 heteroatoms. The number of amides is 1. The Morgan fingerprint density at radius 1 is 1.37 bits per heavy atom. The number of sulfonamides is 1. The number of carbonyl (C=O) groups excluding carboxylic acids is 2. The Bertz CT molecular complexity index is 1070. The number of methoxy groups -OCH3 is 1. The van der Waals surface area contributed by atoms with Gasteiger partial charge in [-0.3, -0.25) is 4.79 Å². The second kappa shape index (κ2) is 8.48. The summed E-state index contributed by atoms with van der Waals surface area (Å²) < 4.78 is 36.4. The minimum Gasteiger partial charge on any atom is -0.465 e. The molecule has 0 saturated heterocycles. The lowest BCUT2D eigenvalue weighted by Gasteiger charge is -2.18. The van der Waals surface area contributed by atoms with Crippen molar-refractivity contribution in [3.63, 3.8) is 0 Å². The average molecular weight is 456 g/mol. The maximum absolute atomic E-state index is 12.8. The molecule has 1 aliphatic rings. The number of aryl methyl sites for hydroxylation is 2. The predicted octanol–water partition coefficient (Wildman–Crippen LogP) is 2.52. The van der Waals surface area contributed by atoms with Crippen molar-refractivity contribution < 1.29 is 27.3 Å². The number of hydrogen-bond acceptors (Lipinski definition) is 8. The summed E-state index contributed by atoms with van der Waals surface area (Å²) >= 11 is 1.35. The average Bonchev–Trinajstić information content (AvgIpc) is 3.19. The van der Waals surface area contributed by atoms with Gasteiger partial charge in [-0.1, -0.05) is 12.1 Å². The van der Waals surface area contributed by atoms with Crippen LogP contribution in [0, 0.1) is 19.8 Å². The number of thiophene rings is 1. The van der Waals surface area contributed by atoms with Crippen LogP contribution in [0.3, 0.4) is 0 Å². The highest BCUT2D eigenvalue weighted by Gasteiger charge is 2.32. The molecule has 1 atom stereocenters. The number of esters is 1. The number of nitrogens with one attached hydrogen (secondary N) is 1. The number of aromatic nitrogens is 1. The zero-order valence-electron chi connectivity index (χ0n) is 17.6. The Morgan fingerprint density at radius 2 is 2.07 bits per heavy atom. The maximum Gasteiger partial charge on any atom is 0.341 e. The standard InChI is InChI=1S/C19H25N3O6S2/c1-10-6-7-13-14(8-10)29-18(16(13)19(24)27-5)20-15(23)9-22(4)30(25,26)17-11(2)21-28-12(17)3/h10H,6-9H2,1-5H3,(H,20,23). The fourth-order valence-corrected chi connectivity index (χ4v) is 6.43. The van der Waals surface area contributed by atoms with Crippen LogP contribution in [0.25, 0.3) is 0 Å². The van der Waals surface area contributed by atoms with E-state index in [1.165, 1.54) is 39.3 Å². The third-order valence-corrected chi connectivity index (χ3v) is 8.37. The van der Waals surface area contributed by atoms with Crippen LogP contribution in [-0.4, -0.2) is 50.5 Å². The summed E-state index contributed by atoms with van der Waals surface area (Å²) in [7, 11) is -1.35. The summed E-state index contributed by atoms with van der Waals surface area (Å²) in [5.74, 6) is -0.400. The molecular weight excluding hydrogens is 430 g/mol.